The molecule has 2 heterocycles. The number of cyclic esters (lactones) is 1. The maximum Gasteiger partial charge on any atom is 0.332 e. The number of rotatable bonds is 1. The molecular formula is C34H43ClN2O7S. The van der Waals surface area contributed by atoms with Crippen LogP contribution in [0.1, 0.15) is 79.8 Å². The van der Waals surface area contributed by atoms with Gasteiger partial charge in [0.1, 0.15) is 12.4 Å². The van der Waals surface area contributed by atoms with Crippen molar-refractivity contribution in [3.8, 4) is 5.75 Å². The number of anilines is 1. The lowest BCUT2D eigenvalue weighted by atomic mass is 9.69. The van der Waals surface area contributed by atoms with Crippen molar-refractivity contribution >= 4 is 39.2 Å². The summed E-state index contributed by atoms with van der Waals surface area (Å²) in [6.07, 6.45) is 6.78. The SMILES string of the molecule is CC[C@@H]1CCCCOC(=O)COC[C@@H]2CC[C@H]2CN2C[C@@]3(CCCc4cc(Cl)ccc43)COc3ccc(cc32)C(=O)NS1(=O)=O. The van der Waals surface area contributed by atoms with Crippen LogP contribution in [-0.4, -0.2) is 65.1 Å². The molecule has 0 radical (unpaired) electrons. The van der Waals surface area contributed by atoms with Crippen LogP contribution in [0.15, 0.2) is 36.4 Å². The number of carbonyl (C=O) groups is 2. The summed E-state index contributed by atoms with van der Waals surface area (Å²) in [5.74, 6) is 0.247. The normalized spacial score (nSPS) is 29.1. The van der Waals surface area contributed by atoms with E-state index in [4.69, 9.17) is 25.8 Å². The zero-order chi connectivity index (χ0) is 31.6. The van der Waals surface area contributed by atoms with Crippen LogP contribution in [0.4, 0.5) is 5.69 Å². The highest BCUT2D eigenvalue weighted by Gasteiger charge is 2.43. The Morgan fingerprint density at radius 1 is 1.02 bits per heavy atom. The highest BCUT2D eigenvalue weighted by Crippen LogP contribution is 2.46. The number of benzene rings is 2. The van der Waals surface area contributed by atoms with E-state index in [2.05, 4.69) is 21.8 Å². The first-order valence-electron chi connectivity index (χ1n) is 16.3. The second kappa shape index (κ2) is 13.5. The second-order valence-electron chi connectivity index (χ2n) is 13.1. The predicted octanol–water partition coefficient (Wildman–Crippen LogP) is 5.42. The molecular weight excluding hydrogens is 616 g/mol. The molecule has 2 bridgehead atoms. The Labute approximate surface area is 271 Å². The first-order valence-corrected chi connectivity index (χ1v) is 18.2. The Bertz CT molecular complexity index is 1530. The maximum absolute atomic E-state index is 13.5. The van der Waals surface area contributed by atoms with Gasteiger partial charge in [0.25, 0.3) is 5.91 Å². The molecule has 45 heavy (non-hydrogen) atoms. The summed E-state index contributed by atoms with van der Waals surface area (Å²) < 4.78 is 46.6. The molecule has 0 saturated heterocycles. The van der Waals surface area contributed by atoms with E-state index < -0.39 is 27.1 Å². The van der Waals surface area contributed by atoms with Gasteiger partial charge >= 0.3 is 5.97 Å². The molecule has 2 aromatic carbocycles. The van der Waals surface area contributed by atoms with E-state index in [0.717, 1.165) is 49.4 Å². The maximum atomic E-state index is 13.5. The van der Waals surface area contributed by atoms with Crippen molar-refractivity contribution in [2.24, 2.45) is 11.8 Å². The van der Waals surface area contributed by atoms with E-state index in [1.807, 2.05) is 6.07 Å². The molecule has 2 aliphatic carbocycles. The molecule has 6 rings (SSSR count). The molecule has 2 aromatic rings. The quantitative estimate of drug-likeness (QED) is 0.405. The number of carbonyl (C=O) groups excluding carboxylic acids is 2. The first-order chi connectivity index (χ1) is 21.7. The number of halogens is 1. The van der Waals surface area contributed by atoms with Gasteiger partial charge in [0.2, 0.25) is 10.0 Å². The molecule has 1 fully saturated rings. The van der Waals surface area contributed by atoms with Crippen LogP contribution in [0.25, 0.3) is 0 Å². The van der Waals surface area contributed by atoms with E-state index in [0.29, 0.717) is 63.0 Å². The number of hydrogen-bond acceptors (Lipinski definition) is 8. The Morgan fingerprint density at radius 3 is 2.67 bits per heavy atom. The summed E-state index contributed by atoms with van der Waals surface area (Å²) in [6, 6.07) is 11.4. The van der Waals surface area contributed by atoms with Gasteiger partial charge in [-0.1, -0.05) is 24.6 Å². The van der Waals surface area contributed by atoms with Crippen molar-refractivity contribution in [3.05, 3.63) is 58.1 Å². The highest BCUT2D eigenvalue weighted by atomic mass is 35.5. The number of amides is 1. The lowest BCUT2D eigenvalue weighted by Crippen LogP contribution is -2.48. The van der Waals surface area contributed by atoms with Crippen LogP contribution in [0.2, 0.25) is 5.02 Å². The zero-order valence-corrected chi connectivity index (χ0v) is 27.5. The minimum absolute atomic E-state index is 0.0899. The summed E-state index contributed by atoms with van der Waals surface area (Å²) in [5.41, 5.74) is 3.29. The van der Waals surface area contributed by atoms with E-state index in [1.165, 1.54) is 11.1 Å². The fourth-order valence-electron chi connectivity index (χ4n) is 7.48. The molecule has 0 unspecified atom stereocenters. The van der Waals surface area contributed by atoms with Crippen molar-refractivity contribution in [3.63, 3.8) is 0 Å². The molecule has 4 atom stereocenters. The molecule has 11 heteroatoms. The van der Waals surface area contributed by atoms with Crippen molar-refractivity contribution in [2.45, 2.75) is 75.4 Å². The fourth-order valence-corrected chi connectivity index (χ4v) is 9.14. The molecule has 1 N–H and O–H groups in total. The van der Waals surface area contributed by atoms with Gasteiger partial charge in [0, 0.05) is 29.1 Å². The minimum Gasteiger partial charge on any atom is -0.490 e. The number of fused-ring (bicyclic) bond motifs is 4. The molecule has 1 spiro atoms. The number of nitrogens with zero attached hydrogens (tertiary/aromatic N) is 1. The van der Waals surface area contributed by atoms with Crippen molar-refractivity contribution in [1.29, 1.82) is 0 Å². The van der Waals surface area contributed by atoms with Crippen molar-refractivity contribution < 1.29 is 32.2 Å². The third-order valence-electron chi connectivity index (χ3n) is 10.2. The number of nitrogens with one attached hydrogen (secondary N) is 1. The molecule has 2 aliphatic heterocycles. The topological polar surface area (TPSA) is 111 Å². The molecule has 244 valence electrons. The van der Waals surface area contributed by atoms with Gasteiger partial charge < -0.3 is 19.1 Å². The van der Waals surface area contributed by atoms with Gasteiger partial charge in [0.15, 0.2) is 0 Å². The number of esters is 1. The monoisotopic (exact) mass is 658 g/mol. The Balaban J connectivity index is 1.35. The van der Waals surface area contributed by atoms with Crippen molar-refractivity contribution in [1.82, 2.24) is 4.72 Å². The number of ether oxygens (including phenoxy) is 3. The number of aryl methyl sites for hydroxylation is 1. The van der Waals surface area contributed by atoms with Crippen LogP contribution in [0, 0.1) is 11.8 Å². The fraction of sp³-hybridized carbons (Fsp3) is 0.588. The number of sulfonamides is 1. The van der Waals surface area contributed by atoms with E-state index >= 15 is 0 Å². The van der Waals surface area contributed by atoms with Gasteiger partial charge in [-0.25, -0.2) is 17.9 Å². The third kappa shape index (κ3) is 6.98. The van der Waals surface area contributed by atoms with E-state index in [1.54, 1.807) is 25.1 Å². The van der Waals surface area contributed by atoms with Crippen LogP contribution >= 0.6 is 11.6 Å². The summed E-state index contributed by atoms with van der Waals surface area (Å²) in [7, 11) is -3.92. The molecule has 1 saturated carbocycles. The Kier molecular flexibility index (Phi) is 9.64. The summed E-state index contributed by atoms with van der Waals surface area (Å²) >= 11 is 6.40. The van der Waals surface area contributed by atoms with Gasteiger partial charge in [-0.2, -0.15) is 0 Å². The van der Waals surface area contributed by atoms with Crippen LogP contribution in [0.3, 0.4) is 0 Å². The van der Waals surface area contributed by atoms with E-state index in [-0.39, 0.29) is 24.2 Å². The first kappa shape index (κ1) is 32.1. The Morgan fingerprint density at radius 2 is 1.87 bits per heavy atom. The highest BCUT2D eigenvalue weighted by molar-refractivity contribution is 7.90. The summed E-state index contributed by atoms with van der Waals surface area (Å²) in [5, 5.41) is -0.00870. The minimum atomic E-state index is -3.92. The van der Waals surface area contributed by atoms with Gasteiger partial charge in [0.05, 0.1) is 30.8 Å². The van der Waals surface area contributed by atoms with Crippen LogP contribution in [-0.2, 0) is 36.1 Å². The molecule has 9 nitrogen and oxygen atoms in total. The largest absolute Gasteiger partial charge is 0.490 e. The second-order valence-corrected chi connectivity index (χ2v) is 15.5. The molecule has 0 aromatic heterocycles. The smallest absolute Gasteiger partial charge is 0.332 e. The third-order valence-corrected chi connectivity index (χ3v) is 12.3. The van der Waals surface area contributed by atoms with E-state index in [9.17, 15) is 18.0 Å². The lowest BCUT2D eigenvalue weighted by Gasteiger charge is -2.44. The van der Waals surface area contributed by atoms with Gasteiger partial charge in [-0.15, -0.1) is 0 Å². The Hall–Kier alpha value is -2.82. The predicted molar refractivity (Wildman–Crippen MR) is 173 cm³/mol. The van der Waals surface area contributed by atoms with Crippen LogP contribution in [0.5, 0.6) is 5.75 Å². The van der Waals surface area contributed by atoms with Gasteiger partial charge in [-0.05, 0) is 111 Å². The van der Waals surface area contributed by atoms with Gasteiger partial charge in [-0.3, -0.25) is 4.79 Å². The zero-order valence-electron chi connectivity index (χ0n) is 25.9. The lowest BCUT2D eigenvalue weighted by molar-refractivity contribution is -0.150. The number of hydrogen-bond donors (Lipinski definition) is 1. The average Bonchev–Trinajstić information content (AvgIpc) is 3.15. The summed E-state index contributed by atoms with van der Waals surface area (Å²) in [4.78, 5) is 28.1. The average molecular weight is 659 g/mol. The standard InChI is InChI=1S/C34H43ClN2O7S/c1-2-28-7-3-4-15-43-32(38)20-42-19-26-9-8-25(26)18-37-21-34(14-5-6-23-16-27(35)11-12-29(23)34)22-44-31-13-10-24(17-30(31)37)33(39)36-45(28,40)41/h10-13,16-17,25-26,28H,2-9,14-15,18-22H2,1H3,(H,36,39)/t25-,26-,28+,34-/m0/s1. The molecule has 4 aliphatic rings. The molecule has 1 amide bonds. The summed E-state index contributed by atoms with van der Waals surface area (Å²) in [6.45, 7) is 4.30. The van der Waals surface area contributed by atoms with Crippen LogP contribution < -0.4 is 14.4 Å². The van der Waals surface area contributed by atoms with Crippen molar-refractivity contribution in [2.75, 3.05) is 44.4 Å².